The minimum absolute atomic E-state index is 0.0813. The van der Waals surface area contributed by atoms with Crippen molar-refractivity contribution in [1.82, 2.24) is 0 Å². The molecule has 0 bridgehead atoms. The molecule has 6 heteroatoms. The molecule has 1 N–H and O–H groups in total. The van der Waals surface area contributed by atoms with Gasteiger partial charge in [0, 0.05) is 0 Å². The van der Waals surface area contributed by atoms with Gasteiger partial charge in [0.15, 0.2) is 8.32 Å². The highest BCUT2D eigenvalue weighted by molar-refractivity contribution is 6.74. The first-order valence-electron chi connectivity index (χ1n) is 11.7. The maximum Gasteiger partial charge on any atom is 0.192 e. The Bertz CT molecular complexity index is 805. The average molecular weight is 475 g/mol. The van der Waals surface area contributed by atoms with Gasteiger partial charge in [-0.05, 0) is 47.3 Å². The number of ether oxygens (including phenoxy) is 3. The van der Waals surface area contributed by atoms with E-state index in [1.54, 1.807) is 7.11 Å². The molecule has 2 aromatic rings. The number of aliphatic hydroxyl groups excluding tert-OH is 1. The Kier molecular flexibility index (Phi) is 10.6. The quantitative estimate of drug-likeness (QED) is 0.350. The summed E-state index contributed by atoms with van der Waals surface area (Å²) in [5.41, 5.74) is 2.09. The van der Waals surface area contributed by atoms with E-state index in [4.69, 9.17) is 18.6 Å². The largest absolute Gasteiger partial charge is 0.497 e. The van der Waals surface area contributed by atoms with Gasteiger partial charge in [0.1, 0.15) is 18.0 Å². The molecule has 0 saturated carbocycles. The third kappa shape index (κ3) is 8.23. The molecule has 0 aromatic heterocycles. The molecular weight excluding hydrogens is 432 g/mol. The second kappa shape index (κ2) is 12.7. The van der Waals surface area contributed by atoms with E-state index in [0.29, 0.717) is 19.1 Å². The summed E-state index contributed by atoms with van der Waals surface area (Å²) in [6.07, 6.45) is -1.27. The van der Waals surface area contributed by atoms with Crippen LogP contribution in [-0.2, 0) is 27.1 Å². The van der Waals surface area contributed by atoms with E-state index in [1.165, 1.54) is 0 Å². The minimum Gasteiger partial charge on any atom is -0.497 e. The molecule has 0 radical (unpaired) electrons. The van der Waals surface area contributed by atoms with E-state index in [-0.39, 0.29) is 18.3 Å². The zero-order valence-corrected chi connectivity index (χ0v) is 22.3. The standard InChI is InChI=1S/C27H42O5Si/c1-21(2)27(3,4)33(6,7)32-19-25(28)26(31-18-22-11-9-8-10-12-22)20-30-17-23-13-15-24(29-5)16-14-23/h8-16,21,25-26,28H,17-20H2,1-7H3/t25-,26-/m1/s1. The van der Waals surface area contributed by atoms with E-state index < -0.39 is 20.5 Å². The molecular formula is C27H42O5Si. The van der Waals surface area contributed by atoms with Crippen LogP contribution in [-0.4, -0.2) is 46.0 Å². The summed E-state index contributed by atoms with van der Waals surface area (Å²) in [6.45, 7) is 14.8. The minimum atomic E-state index is -2.05. The van der Waals surface area contributed by atoms with Gasteiger partial charge in [0.2, 0.25) is 0 Å². The molecule has 2 atom stereocenters. The Morgan fingerprint density at radius 2 is 1.48 bits per heavy atom. The van der Waals surface area contributed by atoms with Crippen LogP contribution in [0.2, 0.25) is 18.1 Å². The van der Waals surface area contributed by atoms with Crippen molar-refractivity contribution in [3.8, 4) is 5.75 Å². The second-order valence-corrected chi connectivity index (χ2v) is 14.6. The molecule has 2 rings (SSSR count). The molecule has 0 aliphatic carbocycles. The topological polar surface area (TPSA) is 57.2 Å². The lowest BCUT2D eigenvalue weighted by molar-refractivity contribution is -0.100. The fourth-order valence-corrected chi connectivity index (χ4v) is 5.69. The number of hydrogen-bond donors (Lipinski definition) is 1. The molecule has 5 nitrogen and oxygen atoms in total. The number of aliphatic hydroxyl groups is 1. The summed E-state index contributed by atoms with van der Waals surface area (Å²) in [6, 6.07) is 17.7. The Hall–Kier alpha value is -1.70. The zero-order valence-electron chi connectivity index (χ0n) is 21.3. The molecule has 0 aliphatic heterocycles. The van der Waals surface area contributed by atoms with Crippen LogP contribution >= 0.6 is 0 Å². The summed E-state index contributed by atoms with van der Waals surface area (Å²) in [7, 11) is -0.402. The van der Waals surface area contributed by atoms with Gasteiger partial charge in [-0.15, -0.1) is 0 Å². The fourth-order valence-electron chi connectivity index (χ4n) is 3.34. The number of benzene rings is 2. The van der Waals surface area contributed by atoms with Crippen molar-refractivity contribution in [2.75, 3.05) is 20.3 Å². The molecule has 33 heavy (non-hydrogen) atoms. The van der Waals surface area contributed by atoms with Crippen molar-refractivity contribution in [3.63, 3.8) is 0 Å². The molecule has 0 spiro atoms. The van der Waals surface area contributed by atoms with Crippen molar-refractivity contribution in [3.05, 3.63) is 65.7 Å². The van der Waals surface area contributed by atoms with Crippen LogP contribution in [0.15, 0.2) is 54.6 Å². The lowest BCUT2D eigenvalue weighted by Crippen LogP contribution is -2.48. The zero-order chi connectivity index (χ0) is 24.5. The smallest absolute Gasteiger partial charge is 0.192 e. The van der Waals surface area contributed by atoms with Crippen molar-refractivity contribution >= 4 is 8.32 Å². The SMILES string of the molecule is COc1ccc(COC[C@@H](OCc2ccccc2)[C@H](O)CO[Si](C)(C)C(C)(C)C(C)C)cc1. The number of hydrogen-bond acceptors (Lipinski definition) is 5. The van der Waals surface area contributed by atoms with Crippen molar-refractivity contribution in [2.24, 2.45) is 5.92 Å². The molecule has 0 saturated heterocycles. The fraction of sp³-hybridized carbons (Fsp3) is 0.556. The van der Waals surface area contributed by atoms with Gasteiger partial charge in [-0.3, -0.25) is 0 Å². The van der Waals surface area contributed by atoms with E-state index in [9.17, 15) is 5.11 Å². The second-order valence-electron chi connectivity index (χ2n) is 9.96. The van der Waals surface area contributed by atoms with Gasteiger partial charge < -0.3 is 23.7 Å². The van der Waals surface area contributed by atoms with Crippen LogP contribution < -0.4 is 4.74 Å². The third-order valence-electron chi connectivity index (χ3n) is 7.06. The van der Waals surface area contributed by atoms with Gasteiger partial charge in [0.05, 0.1) is 33.5 Å². The van der Waals surface area contributed by atoms with Gasteiger partial charge >= 0.3 is 0 Å². The molecule has 0 fully saturated rings. The van der Waals surface area contributed by atoms with E-state index in [0.717, 1.165) is 16.9 Å². The van der Waals surface area contributed by atoms with Crippen molar-refractivity contribution in [2.45, 2.75) is 71.2 Å². The van der Waals surface area contributed by atoms with Crippen LogP contribution in [0.3, 0.4) is 0 Å². The summed E-state index contributed by atoms with van der Waals surface area (Å²) in [5.74, 6) is 1.31. The molecule has 0 heterocycles. The summed E-state index contributed by atoms with van der Waals surface area (Å²) in [5, 5.41) is 11.1. The lowest BCUT2D eigenvalue weighted by atomic mass is 9.99. The normalized spacial score (nSPS) is 14.3. The van der Waals surface area contributed by atoms with E-state index >= 15 is 0 Å². The maximum atomic E-state index is 11.0. The predicted molar refractivity (Wildman–Crippen MR) is 136 cm³/mol. The Morgan fingerprint density at radius 3 is 2.06 bits per heavy atom. The number of rotatable bonds is 14. The summed E-state index contributed by atoms with van der Waals surface area (Å²) in [4.78, 5) is 0. The molecule has 0 unspecified atom stereocenters. The van der Waals surface area contributed by atoms with Crippen LogP contribution in [0, 0.1) is 5.92 Å². The highest BCUT2D eigenvalue weighted by Crippen LogP contribution is 2.44. The first kappa shape index (κ1) is 27.5. The Balaban J connectivity index is 1.99. The van der Waals surface area contributed by atoms with E-state index in [2.05, 4.69) is 40.8 Å². The lowest BCUT2D eigenvalue weighted by Gasteiger charge is -2.43. The van der Waals surface area contributed by atoms with Crippen LogP contribution in [0.25, 0.3) is 0 Å². The highest BCUT2D eigenvalue weighted by atomic mass is 28.4. The predicted octanol–water partition coefficient (Wildman–Crippen LogP) is 5.82. The van der Waals surface area contributed by atoms with Crippen LogP contribution in [0.5, 0.6) is 5.75 Å². The van der Waals surface area contributed by atoms with Gasteiger partial charge in [-0.25, -0.2) is 0 Å². The molecule has 2 aromatic carbocycles. The van der Waals surface area contributed by atoms with Crippen molar-refractivity contribution in [1.29, 1.82) is 0 Å². The third-order valence-corrected chi connectivity index (χ3v) is 11.6. The Labute approximate surface area is 201 Å². The Morgan fingerprint density at radius 1 is 0.879 bits per heavy atom. The molecule has 0 amide bonds. The van der Waals surface area contributed by atoms with E-state index in [1.807, 2.05) is 54.6 Å². The first-order chi connectivity index (χ1) is 15.6. The monoisotopic (exact) mass is 474 g/mol. The summed E-state index contributed by atoms with van der Waals surface area (Å²) >= 11 is 0. The van der Waals surface area contributed by atoms with Gasteiger partial charge in [0.25, 0.3) is 0 Å². The average Bonchev–Trinajstić information content (AvgIpc) is 2.80. The molecule has 184 valence electrons. The molecule has 0 aliphatic rings. The van der Waals surface area contributed by atoms with Gasteiger partial charge in [-0.1, -0.05) is 70.2 Å². The first-order valence-corrected chi connectivity index (χ1v) is 14.7. The summed E-state index contributed by atoms with van der Waals surface area (Å²) < 4.78 is 23.6. The van der Waals surface area contributed by atoms with Crippen LogP contribution in [0.1, 0.15) is 38.8 Å². The van der Waals surface area contributed by atoms with Crippen LogP contribution in [0.4, 0.5) is 0 Å². The van der Waals surface area contributed by atoms with Crippen molar-refractivity contribution < 1.29 is 23.7 Å². The van der Waals surface area contributed by atoms with Gasteiger partial charge in [-0.2, -0.15) is 0 Å². The highest BCUT2D eigenvalue weighted by Gasteiger charge is 2.43. The number of methoxy groups -OCH3 is 1. The maximum absolute atomic E-state index is 11.0.